The van der Waals surface area contributed by atoms with Crippen LogP contribution in [0.15, 0.2) is 115 Å². The van der Waals surface area contributed by atoms with Gasteiger partial charge in [0.15, 0.2) is 0 Å². The van der Waals surface area contributed by atoms with Gasteiger partial charge < -0.3 is 29.4 Å². The predicted octanol–water partition coefficient (Wildman–Crippen LogP) is 9.06. The molecular weight excluding hydrogens is 771 g/mol. The monoisotopic (exact) mass is 831 g/mol. The van der Waals surface area contributed by atoms with Crippen molar-refractivity contribution in [3.8, 4) is 0 Å². The Morgan fingerprint density at radius 1 is 0.885 bits per heavy atom. The summed E-state index contributed by atoms with van der Waals surface area (Å²) in [5, 5.41) is 15.5. The maximum atomic E-state index is 14.4. The third-order valence-corrected chi connectivity index (χ3v) is 11.5. The first kappa shape index (κ1) is 45.0. The lowest BCUT2D eigenvalue weighted by Crippen LogP contribution is -2.52. The van der Waals surface area contributed by atoms with Crippen LogP contribution in [0.4, 0.5) is 15.3 Å². The number of carbonyl (C=O) groups excluding carboxylic acids is 3. The summed E-state index contributed by atoms with van der Waals surface area (Å²) in [6, 6.07) is 31.7. The van der Waals surface area contributed by atoms with Gasteiger partial charge in [-0.2, -0.15) is 0 Å². The van der Waals surface area contributed by atoms with E-state index in [0.717, 1.165) is 22.3 Å². The number of hydrogen-bond acceptors (Lipinski definition) is 8. The lowest BCUT2D eigenvalue weighted by molar-refractivity contribution is 0.0279. The Morgan fingerprint density at radius 2 is 1.57 bits per heavy atom. The summed E-state index contributed by atoms with van der Waals surface area (Å²) in [6.45, 7) is 9.77. The number of aliphatic hydroxyl groups is 1. The average molecular weight is 832 g/mol. The Morgan fingerprint density at radius 3 is 2.23 bits per heavy atom. The maximum Gasteiger partial charge on any atom is 0.414 e. The van der Waals surface area contributed by atoms with Crippen LogP contribution in [-0.2, 0) is 49.7 Å². The van der Waals surface area contributed by atoms with Crippen molar-refractivity contribution in [2.24, 2.45) is 5.92 Å². The van der Waals surface area contributed by atoms with E-state index in [9.17, 15) is 19.5 Å². The summed E-state index contributed by atoms with van der Waals surface area (Å²) in [5.41, 5.74) is 4.42. The molecule has 0 spiro atoms. The minimum atomic E-state index is -1.17. The van der Waals surface area contributed by atoms with E-state index < -0.39 is 35.8 Å². The highest BCUT2D eigenvalue weighted by atomic mass is 16.6. The zero-order valence-electron chi connectivity index (χ0n) is 36.2. The second-order valence-corrected chi connectivity index (χ2v) is 17.3. The van der Waals surface area contributed by atoms with E-state index in [4.69, 9.17) is 18.9 Å². The van der Waals surface area contributed by atoms with Crippen LogP contribution in [0.2, 0.25) is 0 Å². The molecule has 11 nitrogen and oxygen atoms in total. The molecule has 2 bridgehead atoms. The number of ether oxygens (including phenoxy) is 4. The number of rotatable bonds is 11. The van der Waals surface area contributed by atoms with Crippen molar-refractivity contribution in [2.75, 3.05) is 38.3 Å². The van der Waals surface area contributed by atoms with E-state index in [0.29, 0.717) is 50.1 Å². The predicted molar refractivity (Wildman–Crippen MR) is 236 cm³/mol. The Labute approximate surface area is 360 Å². The molecule has 1 heterocycles. The van der Waals surface area contributed by atoms with Crippen molar-refractivity contribution in [3.05, 3.63) is 149 Å². The largest absolute Gasteiger partial charge is 0.445 e. The van der Waals surface area contributed by atoms with Crippen LogP contribution >= 0.6 is 0 Å². The van der Waals surface area contributed by atoms with Gasteiger partial charge in [-0.25, -0.2) is 9.59 Å². The fourth-order valence-corrected chi connectivity index (χ4v) is 7.74. The van der Waals surface area contributed by atoms with E-state index in [1.165, 1.54) is 4.90 Å². The molecule has 1 fully saturated rings. The van der Waals surface area contributed by atoms with Gasteiger partial charge in [0.1, 0.15) is 13.2 Å². The van der Waals surface area contributed by atoms with Crippen molar-refractivity contribution in [1.29, 1.82) is 0 Å². The SMILES string of the molecule is COCc1cc2cc(c1)N(C(=O)OCc1ccccc1)C/C=C\COCC[C@@H](C)C[C@@H]([C@H](O)CN(C(=O)OCc1ccccc1)C1(c3cccc(C(C)(C)C)c3)CC1)NC2=O. The second-order valence-electron chi connectivity index (χ2n) is 17.3. The van der Waals surface area contributed by atoms with Crippen LogP contribution < -0.4 is 10.2 Å². The van der Waals surface area contributed by atoms with Gasteiger partial charge >= 0.3 is 12.2 Å². The number of hydrogen-bond donors (Lipinski definition) is 2. The molecular formula is C50H61N3O8. The summed E-state index contributed by atoms with van der Waals surface area (Å²) < 4.78 is 23.2. The van der Waals surface area contributed by atoms with Gasteiger partial charge in [0.2, 0.25) is 0 Å². The molecule has 61 heavy (non-hydrogen) atoms. The highest BCUT2D eigenvalue weighted by molar-refractivity contribution is 5.97. The van der Waals surface area contributed by atoms with Gasteiger partial charge in [-0.3, -0.25) is 14.6 Å². The number of nitrogens with zero attached hydrogens (tertiary/aromatic N) is 2. The lowest BCUT2D eigenvalue weighted by Gasteiger charge is -2.36. The highest BCUT2D eigenvalue weighted by Gasteiger charge is 2.53. The molecule has 4 aromatic rings. The summed E-state index contributed by atoms with van der Waals surface area (Å²) in [7, 11) is 1.57. The van der Waals surface area contributed by atoms with E-state index in [-0.39, 0.29) is 49.8 Å². The molecule has 324 valence electrons. The van der Waals surface area contributed by atoms with Gasteiger partial charge in [-0.05, 0) is 83.0 Å². The average Bonchev–Trinajstić information content (AvgIpc) is 4.06. The third-order valence-electron chi connectivity index (χ3n) is 11.5. The summed E-state index contributed by atoms with van der Waals surface area (Å²) in [6.07, 6.45) is 3.90. The minimum Gasteiger partial charge on any atom is -0.445 e. The number of carbonyl (C=O) groups is 3. The Hall–Kier alpha value is -5.49. The molecule has 0 radical (unpaired) electrons. The van der Waals surface area contributed by atoms with Crippen molar-refractivity contribution in [3.63, 3.8) is 0 Å². The van der Waals surface area contributed by atoms with Crippen LogP contribution in [0, 0.1) is 5.92 Å². The van der Waals surface area contributed by atoms with Gasteiger partial charge in [0, 0.05) is 31.5 Å². The van der Waals surface area contributed by atoms with Crippen LogP contribution in [0.1, 0.15) is 91.6 Å². The molecule has 1 saturated carbocycles. The molecule has 11 heteroatoms. The number of anilines is 1. The first-order valence-corrected chi connectivity index (χ1v) is 21.3. The third kappa shape index (κ3) is 12.3. The molecule has 3 amide bonds. The Balaban J connectivity index is 1.31. The summed E-state index contributed by atoms with van der Waals surface area (Å²) in [5.74, 6) is -0.400. The highest BCUT2D eigenvalue weighted by Crippen LogP contribution is 2.52. The fourth-order valence-electron chi connectivity index (χ4n) is 7.74. The van der Waals surface area contributed by atoms with Crippen LogP contribution in [-0.4, -0.2) is 73.7 Å². The summed E-state index contributed by atoms with van der Waals surface area (Å²) >= 11 is 0. The standard InChI is InChI=1S/C50H61N3O8/c1-36-21-26-59-25-13-12-24-52(47(56)60-34-37-15-8-6-9-16-37)43-29-39(33-58-5)28-40(30-43)46(55)51-44(27-36)45(54)32-53(48(57)61-35-38-17-10-7-11-18-38)50(22-23-50)42-20-14-19-41(31-42)49(2,3)4/h6-20,28-31,36,44-45,54H,21-27,32-35H2,1-5H3,(H,51,55)/b13-12-/t36-,44+,45-/m1/s1. The first-order valence-electron chi connectivity index (χ1n) is 21.3. The molecule has 2 aliphatic rings. The summed E-state index contributed by atoms with van der Waals surface area (Å²) in [4.78, 5) is 45.6. The number of fused-ring (bicyclic) bond motifs is 2. The van der Waals surface area contributed by atoms with Gasteiger partial charge in [-0.15, -0.1) is 0 Å². The Kier molecular flexibility index (Phi) is 15.4. The number of amides is 3. The van der Waals surface area contributed by atoms with Gasteiger partial charge in [-0.1, -0.05) is 125 Å². The number of nitrogens with one attached hydrogen (secondary N) is 1. The molecule has 0 aromatic heterocycles. The molecule has 1 aliphatic heterocycles. The van der Waals surface area contributed by atoms with Gasteiger partial charge in [0.05, 0.1) is 37.4 Å². The number of methoxy groups -OCH3 is 1. The smallest absolute Gasteiger partial charge is 0.414 e. The van der Waals surface area contributed by atoms with Crippen LogP contribution in [0.5, 0.6) is 0 Å². The zero-order valence-corrected chi connectivity index (χ0v) is 36.2. The zero-order chi connectivity index (χ0) is 43.4. The van der Waals surface area contributed by atoms with Crippen molar-refractivity contribution in [1.82, 2.24) is 10.2 Å². The molecule has 4 aromatic carbocycles. The minimum absolute atomic E-state index is 0.0407. The van der Waals surface area contributed by atoms with Crippen LogP contribution in [0.25, 0.3) is 0 Å². The lowest BCUT2D eigenvalue weighted by atomic mass is 9.85. The number of aliphatic hydroxyl groups excluding tert-OH is 1. The van der Waals surface area contributed by atoms with Crippen molar-refractivity contribution >= 4 is 23.8 Å². The molecule has 3 atom stereocenters. The number of benzene rings is 4. The van der Waals surface area contributed by atoms with Gasteiger partial charge in [0.25, 0.3) is 5.91 Å². The molecule has 2 N–H and O–H groups in total. The fraction of sp³-hybridized carbons (Fsp3) is 0.420. The maximum absolute atomic E-state index is 14.4. The van der Waals surface area contributed by atoms with E-state index in [1.807, 2.05) is 84.9 Å². The molecule has 6 rings (SSSR count). The normalized spacial score (nSPS) is 19.2. The second kappa shape index (κ2) is 20.9. The van der Waals surface area contributed by atoms with Crippen molar-refractivity contribution < 1.29 is 38.4 Å². The molecule has 1 aliphatic carbocycles. The van der Waals surface area contributed by atoms with Crippen LogP contribution in [0.3, 0.4) is 0 Å². The van der Waals surface area contributed by atoms with Crippen molar-refractivity contribution in [2.45, 2.75) is 96.3 Å². The van der Waals surface area contributed by atoms with E-state index >= 15 is 0 Å². The Bertz CT molecular complexity index is 2100. The van der Waals surface area contributed by atoms with E-state index in [2.05, 4.69) is 45.1 Å². The quantitative estimate of drug-likeness (QED) is 0.144. The molecule has 0 unspecified atom stereocenters. The molecule has 0 saturated heterocycles. The topological polar surface area (TPSA) is 127 Å². The first-order chi connectivity index (χ1) is 29.4. The van der Waals surface area contributed by atoms with E-state index in [1.54, 1.807) is 30.2 Å².